The van der Waals surface area contributed by atoms with Crippen molar-refractivity contribution in [3.63, 3.8) is 0 Å². The topological polar surface area (TPSA) is 487 Å². The summed E-state index contributed by atoms with van der Waals surface area (Å²) in [6, 6.07) is 0.876. The number of carboxylic acid groups (broad SMARTS) is 1. The SMILES string of the molecule is CN[C@H](CC(C)C)C(=O)N[C@H]1C(=O)N[C@@H](C)C(=O)N[C@H]2C(=O)N[C@H]3C(=O)N[C@H](C(=O)NC(C(=O)O)c4cc(O)cc(O)c4-c4cc3ccc4O)[C@H](O)c3ccc(c(Cl)c3)Oc3cc2cc(c3O[C@@H]2OC(CO)[C@@H](O)[C@H](O)[C@H]2O[C@H]2C[C@](C)(N)[C@H](O)[C@H](C)O2)Oc2ccc(cc2Cl)[C@H]1O. The predicted molar refractivity (Wildman–Crippen MR) is 341 cm³/mol. The fourth-order valence-electron chi connectivity index (χ4n) is 12.2. The van der Waals surface area contributed by atoms with Crippen molar-refractivity contribution in [2.24, 2.45) is 11.7 Å². The first kappa shape index (κ1) is 72.1. The van der Waals surface area contributed by atoms with Crippen LogP contribution < -0.4 is 57.2 Å². The summed E-state index contributed by atoms with van der Waals surface area (Å²) in [5, 5.41) is 131. The fraction of sp³-hybridized carbons (Fsp3) is 0.431. The number of likely N-dealkylation sites (N-methyl/N-ethyl adjacent to an activating group) is 1. The summed E-state index contributed by atoms with van der Waals surface area (Å²) in [6.45, 7) is 6.97. The van der Waals surface area contributed by atoms with Gasteiger partial charge in [-0.3, -0.25) is 28.8 Å². The van der Waals surface area contributed by atoms with Gasteiger partial charge in [-0.2, -0.15) is 0 Å². The minimum atomic E-state index is -2.25. The zero-order valence-corrected chi connectivity index (χ0v) is 54.6. The molecule has 31 nitrogen and oxygen atoms in total. The molecule has 98 heavy (non-hydrogen) atoms. The molecule has 5 aromatic rings. The van der Waals surface area contributed by atoms with Crippen LogP contribution >= 0.6 is 23.2 Å². The van der Waals surface area contributed by atoms with Crippen LogP contribution in [0.2, 0.25) is 10.0 Å². The van der Waals surface area contributed by atoms with Crippen LogP contribution in [0.3, 0.4) is 0 Å². The van der Waals surface area contributed by atoms with Gasteiger partial charge in [-0.25, -0.2) is 4.79 Å². The molecule has 7 aliphatic heterocycles. The number of phenols is 3. The van der Waals surface area contributed by atoms with E-state index in [1.165, 1.54) is 52.1 Å². The Bertz CT molecular complexity index is 3940. The Morgan fingerprint density at radius 2 is 1.31 bits per heavy atom. The summed E-state index contributed by atoms with van der Waals surface area (Å²) < 4.78 is 38.3. The highest BCUT2D eigenvalue weighted by atomic mass is 35.5. The number of halogens is 2. The number of hydrogen-bond acceptors (Lipinski definition) is 24. The van der Waals surface area contributed by atoms with E-state index in [1.807, 2.05) is 13.8 Å². The van der Waals surface area contributed by atoms with Gasteiger partial charge < -0.3 is 122 Å². The number of carbonyl (C=O) groups is 7. The van der Waals surface area contributed by atoms with Crippen molar-refractivity contribution in [3.05, 3.63) is 117 Å². The van der Waals surface area contributed by atoms with E-state index in [0.29, 0.717) is 0 Å². The Kier molecular flexibility index (Phi) is 21.4. The second kappa shape index (κ2) is 29.0. The molecule has 0 radical (unpaired) electrons. The number of rotatable bonds is 11. The number of carboxylic acids is 1. The number of benzene rings is 5. The molecule has 526 valence electrons. The van der Waals surface area contributed by atoms with Crippen LogP contribution in [0.1, 0.15) is 106 Å². The maximum Gasteiger partial charge on any atom is 0.330 e. The molecular formula is C65H74Cl2N8O23. The number of carbonyl (C=O) groups excluding carboxylic acids is 6. The fourth-order valence-corrected chi connectivity index (χ4v) is 12.7. The molecule has 33 heteroatoms. The number of fused-ring (bicyclic) bond motifs is 15. The summed E-state index contributed by atoms with van der Waals surface area (Å²) in [5.41, 5.74) is 2.68. The molecule has 0 spiro atoms. The molecule has 5 aromatic carbocycles. The van der Waals surface area contributed by atoms with Crippen molar-refractivity contribution < 1.29 is 113 Å². The van der Waals surface area contributed by atoms with Crippen molar-refractivity contribution in [3.8, 4) is 57.1 Å². The lowest BCUT2D eigenvalue weighted by molar-refractivity contribution is -0.333. The number of aromatic hydroxyl groups is 3. The third kappa shape index (κ3) is 14.9. The maximum absolute atomic E-state index is 15.9. The van der Waals surface area contributed by atoms with Crippen molar-refractivity contribution >= 4 is 64.6 Å². The Morgan fingerprint density at radius 1 is 0.704 bits per heavy atom. The summed E-state index contributed by atoms with van der Waals surface area (Å²) in [5.74, 6) is -13.6. The van der Waals surface area contributed by atoms with Crippen LogP contribution in [0.25, 0.3) is 11.1 Å². The first-order valence-corrected chi connectivity index (χ1v) is 31.7. The van der Waals surface area contributed by atoms with Crippen LogP contribution in [-0.4, -0.2) is 185 Å². The first-order chi connectivity index (χ1) is 46.3. The number of aliphatic hydroxyl groups is 6. The first-order valence-electron chi connectivity index (χ1n) is 30.9. The monoisotopic (exact) mass is 1400 g/mol. The maximum atomic E-state index is 15.9. The zero-order valence-electron chi connectivity index (χ0n) is 53.1. The zero-order chi connectivity index (χ0) is 71.3. The van der Waals surface area contributed by atoms with E-state index in [2.05, 4.69) is 37.2 Å². The summed E-state index contributed by atoms with van der Waals surface area (Å²) in [7, 11) is 1.51. The highest BCUT2D eigenvalue weighted by Crippen LogP contribution is 2.50. The summed E-state index contributed by atoms with van der Waals surface area (Å²) in [4.78, 5) is 103. The van der Waals surface area contributed by atoms with Crippen LogP contribution in [0, 0.1) is 5.92 Å². The number of aliphatic hydroxyl groups excluding tert-OH is 6. The van der Waals surface area contributed by atoms with Gasteiger partial charge in [0.05, 0.1) is 34.9 Å². The Morgan fingerprint density at radius 3 is 1.90 bits per heavy atom. The number of nitrogens with two attached hydrogens (primary N) is 1. The number of ether oxygens (including phenoxy) is 6. The van der Waals surface area contributed by atoms with E-state index < -0.39 is 213 Å². The average Bonchev–Trinajstić information content (AvgIpc) is 0.770. The van der Waals surface area contributed by atoms with Gasteiger partial charge >= 0.3 is 5.97 Å². The second-order valence-electron chi connectivity index (χ2n) is 25.2. The van der Waals surface area contributed by atoms with Crippen molar-refractivity contribution in [2.75, 3.05) is 13.7 Å². The molecule has 0 aliphatic carbocycles. The van der Waals surface area contributed by atoms with Crippen LogP contribution in [-0.2, 0) is 47.8 Å². The molecule has 6 amide bonds. The lowest BCUT2D eigenvalue weighted by Crippen LogP contribution is -2.64. The van der Waals surface area contributed by atoms with Gasteiger partial charge in [-0.15, -0.1) is 0 Å². The molecular weight excluding hydrogens is 1330 g/mol. The number of amides is 6. The van der Waals surface area contributed by atoms with E-state index in [-0.39, 0.29) is 57.5 Å². The van der Waals surface area contributed by atoms with Gasteiger partial charge in [0.2, 0.25) is 47.5 Å². The van der Waals surface area contributed by atoms with Crippen LogP contribution in [0.4, 0.5) is 0 Å². The van der Waals surface area contributed by atoms with Gasteiger partial charge in [-0.05, 0) is 117 Å². The number of aliphatic carboxylic acids is 1. The standard InChI is InChI=1S/C65H74Cl2N8O23/c1-23(2)13-35(69-6)58(86)74-48-50(80)27-8-11-38(33(66)15-27)94-40-17-29-18-41(54(40)98-64-55(53(83)52(82)42(22-76)96-64)97-43-21-65(5,68)56(84)25(4)93-43)95-39-12-9-28(16-34(39)67)51(81)49-62(90)73-47(63(91)92)32-19-30(77)20-37(79)44(32)31-14-26(7-10-36(31)78)45(59(87)75-49)72-60(88)46(29)71-57(85)24(3)70-61(48)89/h7-12,14-20,23-25,35,42-43,45-53,55-56,64,69,76-84H,13,21-22,68H2,1-6H3,(H,70,89)(H,71,85)(H,72,88)(H,73,90)(H,74,86)(H,75,87)(H,91,92)/t24-,25-,35+,42?,43-,45+,46+,47?,48+,49-,50+,51+,52+,53-,55+,56+,64-,65-/m0/s1. The van der Waals surface area contributed by atoms with Gasteiger partial charge in [0.15, 0.2) is 29.9 Å². The van der Waals surface area contributed by atoms with Gasteiger partial charge in [-0.1, -0.05) is 55.2 Å². The second-order valence-corrected chi connectivity index (χ2v) is 26.0. The Hall–Kier alpha value is -8.67. The molecule has 7 heterocycles. The largest absolute Gasteiger partial charge is 0.508 e. The normalized spacial score (nSPS) is 30.0. The van der Waals surface area contributed by atoms with Crippen molar-refractivity contribution in [1.29, 1.82) is 0 Å². The summed E-state index contributed by atoms with van der Waals surface area (Å²) >= 11 is 14.1. The van der Waals surface area contributed by atoms with E-state index in [9.17, 15) is 70.2 Å². The lowest BCUT2D eigenvalue weighted by atomic mass is 9.86. The minimum absolute atomic E-state index is 0.0419. The molecule has 2 unspecified atom stereocenters. The molecule has 7 aliphatic rings. The van der Waals surface area contributed by atoms with Gasteiger partial charge in [0.1, 0.15) is 89.5 Å². The molecule has 0 saturated carbocycles. The van der Waals surface area contributed by atoms with Gasteiger partial charge in [0, 0.05) is 34.7 Å². The molecule has 18 atom stereocenters. The third-order valence-corrected chi connectivity index (χ3v) is 18.1. The van der Waals surface area contributed by atoms with Crippen molar-refractivity contribution in [2.45, 2.75) is 157 Å². The molecule has 11 bridgehead atoms. The Balaban J connectivity index is 1.22. The number of hydrogen-bond donors (Lipinski definition) is 18. The number of phenolic OH excluding ortho intramolecular Hbond substituents is 3. The average molecular weight is 1410 g/mol. The van der Waals surface area contributed by atoms with E-state index in [1.54, 1.807) is 0 Å². The lowest BCUT2D eigenvalue weighted by Gasteiger charge is -2.47. The molecule has 0 aromatic heterocycles. The molecule has 2 fully saturated rings. The van der Waals surface area contributed by atoms with Crippen LogP contribution in [0.5, 0.6) is 46.0 Å². The quantitative estimate of drug-likeness (QED) is 0.0885. The smallest absolute Gasteiger partial charge is 0.330 e. The van der Waals surface area contributed by atoms with Crippen molar-refractivity contribution in [1.82, 2.24) is 37.2 Å². The van der Waals surface area contributed by atoms with Crippen LogP contribution in [0.15, 0.2) is 78.9 Å². The predicted octanol–water partition coefficient (Wildman–Crippen LogP) is 1.25. The van der Waals surface area contributed by atoms with E-state index in [4.69, 9.17) is 57.4 Å². The third-order valence-electron chi connectivity index (χ3n) is 17.5. The highest BCUT2D eigenvalue weighted by molar-refractivity contribution is 6.32. The van der Waals surface area contributed by atoms with E-state index >= 15 is 14.4 Å². The molecule has 12 rings (SSSR count). The van der Waals surface area contributed by atoms with Gasteiger partial charge in [0.25, 0.3) is 0 Å². The molecule has 19 N–H and O–H groups in total. The number of nitrogens with one attached hydrogen (secondary N) is 7. The highest BCUT2D eigenvalue weighted by Gasteiger charge is 2.51. The minimum Gasteiger partial charge on any atom is -0.508 e. The Labute approximate surface area is 568 Å². The van der Waals surface area contributed by atoms with E-state index in [0.717, 1.165) is 54.6 Å². The molecule has 2 saturated heterocycles. The summed E-state index contributed by atoms with van der Waals surface area (Å²) in [6.07, 6.45) is -17.0.